The molecule has 1 atom stereocenters. The van der Waals surface area contributed by atoms with E-state index in [0.717, 1.165) is 10.4 Å². The fourth-order valence-electron chi connectivity index (χ4n) is 3.33. The highest BCUT2D eigenvalue weighted by Crippen LogP contribution is 2.25. The molecule has 1 unspecified atom stereocenters. The van der Waals surface area contributed by atoms with Crippen molar-refractivity contribution in [1.29, 1.82) is 0 Å². The first-order valence-corrected chi connectivity index (χ1v) is 12.4. The fraction of sp³-hybridized carbons (Fsp3) is 0.227. The number of rotatable bonds is 6. The molecule has 6 nitrogen and oxygen atoms in total. The number of amides is 1. The van der Waals surface area contributed by atoms with Gasteiger partial charge in [0, 0.05) is 28.6 Å². The lowest BCUT2D eigenvalue weighted by Gasteiger charge is -2.33. The highest BCUT2D eigenvalue weighted by Gasteiger charge is 2.26. The second-order valence-corrected chi connectivity index (χ2v) is 10.3. The summed E-state index contributed by atoms with van der Waals surface area (Å²) < 4.78 is 33.4. The van der Waals surface area contributed by atoms with Gasteiger partial charge in [-0.1, -0.05) is 29.8 Å². The SMILES string of the molecule is O=C(c1ccc(S(=O)(=O)NCc2cccs2)cc1)N1CCOC(c2ccc(Cl)cc2)C1. The second-order valence-electron chi connectivity index (χ2n) is 7.09. The summed E-state index contributed by atoms with van der Waals surface area (Å²) in [7, 11) is -3.65. The average molecular weight is 477 g/mol. The van der Waals surface area contributed by atoms with E-state index in [0.29, 0.717) is 30.3 Å². The first kappa shape index (κ1) is 22.0. The van der Waals surface area contributed by atoms with E-state index in [9.17, 15) is 13.2 Å². The van der Waals surface area contributed by atoms with Crippen molar-refractivity contribution in [3.8, 4) is 0 Å². The molecular weight excluding hydrogens is 456 g/mol. The number of nitrogens with zero attached hydrogens (tertiary/aromatic N) is 1. The van der Waals surface area contributed by atoms with E-state index in [1.807, 2.05) is 29.6 Å². The van der Waals surface area contributed by atoms with E-state index in [2.05, 4.69) is 4.72 Å². The van der Waals surface area contributed by atoms with Crippen LogP contribution in [0.2, 0.25) is 5.02 Å². The van der Waals surface area contributed by atoms with E-state index in [1.54, 1.807) is 29.2 Å². The predicted octanol–water partition coefficient (Wildman–Crippen LogP) is 4.09. The summed E-state index contributed by atoms with van der Waals surface area (Å²) in [4.78, 5) is 15.7. The summed E-state index contributed by atoms with van der Waals surface area (Å²) in [6.07, 6.45) is -0.226. The van der Waals surface area contributed by atoms with Crippen molar-refractivity contribution in [2.75, 3.05) is 19.7 Å². The van der Waals surface area contributed by atoms with Crippen molar-refractivity contribution < 1.29 is 17.9 Å². The quantitative estimate of drug-likeness (QED) is 0.581. The van der Waals surface area contributed by atoms with E-state index in [1.165, 1.54) is 23.5 Å². The largest absolute Gasteiger partial charge is 0.370 e. The van der Waals surface area contributed by atoms with Gasteiger partial charge in [0.25, 0.3) is 5.91 Å². The molecule has 4 rings (SSSR count). The monoisotopic (exact) mass is 476 g/mol. The standard InChI is InChI=1S/C22H21ClN2O4S2/c23-18-7-3-16(4-8-18)21-15-25(11-12-29-21)22(26)17-5-9-20(10-6-17)31(27,28)24-14-19-2-1-13-30-19/h1-10,13,21,24H,11-12,14-15H2. The third-order valence-corrected chi connectivity index (χ3v) is 7.57. The molecule has 0 radical (unpaired) electrons. The molecule has 1 saturated heterocycles. The van der Waals surface area contributed by atoms with E-state index >= 15 is 0 Å². The second kappa shape index (κ2) is 9.50. The maximum atomic E-state index is 13.0. The Balaban J connectivity index is 1.42. The van der Waals surface area contributed by atoms with Gasteiger partial charge in [0.05, 0.1) is 18.0 Å². The summed E-state index contributed by atoms with van der Waals surface area (Å²) in [5.74, 6) is -0.155. The van der Waals surface area contributed by atoms with Crippen LogP contribution in [0.3, 0.4) is 0 Å². The maximum Gasteiger partial charge on any atom is 0.254 e. The Morgan fingerprint density at radius 1 is 1.13 bits per heavy atom. The number of sulfonamides is 1. The number of thiophene rings is 1. The molecule has 31 heavy (non-hydrogen) atoms. The Bertz CT molecular complexity index is 1130. The van der Waals surface area contributed by atoms with Crippen molar-refractivity contribution >= 4 is 38.9 Å². The summed E-state index contributed by atoms with van der Waals surface area (Å²) in [6, 6.07) is 17.1. The van der Waals surface area contributed by atoms with Gasteiger partial charge in [-0.25, -0.2) is 13.1 Å². The summed E-state index contributed by atoms with van der Waals surface area (Å²) in [5, 5.41) is 2.54. The molecule has 0 aliphatic carbocycles. The van der Waals surface area contributed by atoms with Crippen LogP contribution >= 0.6 is 22.9 Å². The Hall–Kier alpha value is -2.23. The number of halogens is 1. The molecule has 3 aromatic rings. The zero-order valence-corrected chi connectivity index (χ0v) is 18.9. The van der Waals surface area contributed by atoms with Crippen LogP contribution in [-0.2, 0) is 21.3 Å². The van der Waals surface area contributed by atoms with Crippen LogP contribution in [0.25, 0.3) is 0 Å². The molecule has 2 aromatic carbocycles. The van der Waals surface area contributed by atoms with Crippen LogP contribution in [0.15, 0.2) is 70.9 Å². The van der Waals surface area contributed by atoms with Crippen LogP contribution in [0.5, 0.6) is 0 Å². The lowest BCUT2D eigenvalue weighted by Crippen LogP contribution is -2.42. The first-order chi connectivity index (χ1) is 14.9. The van der Waals surface area contributed by atoms with Gasteiger partial charge in [0.2, 0.25) is 10.0 Å². The maximum absolute atomic E-state index is 13.0. The van der Waals surface area contributed by atoms with Crippen LogP contribution in [0.4, 0.5) is 0 Å². The Morgan fingerprint density at radius 2 is 1.87 bits per heavy atom. The van der Waals surface area contributed by atoms with Crippen molar-refractivity contribution in [1.82, 2.24) is 9.62 Å². The Kier molecular flexibility index (Phi) is 6.74. The summed E-state index contributed by atoms with van der Waals surface area (Å²) >= 11 is 7.43. The van der Waals surface area contributed by atoms with E-state index in [4.69, 9.17) is 16.3 Å². The van der Waals surface area contributed by atoms with Gasteiger partial charge in [0.1, 0.15) is 6.10 Å². The van der Waals surface area contributed by atoms with Gasteiger partial charge < -0.3 is 9.64 Å². The lowest BCUT2D eigenvalue weighted by molar-refractivity contribution is -0.0228. The molecule has 1 fully saturated rings. The zero-order valence-electron chi connectivity index (χ0n) is 16.5. The molecule has 0 bridgehead atoms. The van der Waals surface area contributed by atoms with Gasteiger partial charge in [-0.3, -0.25) is 4.79 Å². The van der Waals surface area contributed by atoms with Gasteiger partial charge in [-0.15, -0.1) is 11.3 Å². The number of morpholine rings is 1. The van der Waals surface area contributed by atoms with Crippen molar-refractivity contribution in [3.63, 3.8) is 0 Å². The fourth-order valence-corrected chi connectivity index (χ4v) is 5.20. The predicted molar refractivity (Wildman–Crippen MR) is 121 cm³/mol. The van der Waals surface area contributed by atoms with Crippen LogP contribution < -0.4 is 4.72 Å². The van der Waals surface area contributed by atoms with Gasteiger partial charge in [-0.05, 0) is 53.4 Å². The molecule has 1 aliphatic rings. The van der Waals surface area contributed by atoms with Crippen molar-refractivity contribution in [2.24, 2.45) is 0 Å². The van der Waals surface area contributed by atoms with Gasteiger partial charge in [-0.2, -0.15) is 0 Å². The molecule has 2 heterocycles. The zero-order chi connectivity index (χ0) is 21.8. The van der Waals surface area contributed by atoms with Crippen LogP contribution in [-0.4, -0.2) is 38.9 Å². The van der Waals surface area contributed by atoms with E-state index in [-0.39, 0.29) is 23.5 Å². The molecular formula is C22H21ClN2O4S2. The first-order valence-electron chi connectivity index (χ1n) is 9.71. The van der Waals surface area contributed by atoms with Gasteiger partial charge in [0.15, 0.2) is 0 Å². The third kappa shape index (κ3) is 5.34. The summed E-state index contributed by atoms with van der Waals surface area (Å²) in [5.41, 5.74) is 1.40. The topological polar surface area (TPSA) is 75.7 Å². The number of nitrogens with one attached hydrogen (secondary N) is 1. The average Bonchev–Trinajstić information content (AvgIpc) is 3.32. The molecule has 1 amide bonds. The van der Waals surface area contributed by atoms with E-state index < -0.39 is 10.0 Å². The smallest absolute Gasteiger partial charge is 0.254 e. The minimum atomic E-state index is -3.65. The lowest BCUT2D eigenvalue weighted by atomic mass is 10.1. The summed E-state index contributed by atoms with van der Waals surface area (Å²) in [6.45, 7) is 1.56. The number of carbonyl (C=O) groups excluding carboxylic acids is 1. The van der Waals surface area contributed by atoms with Crippen LogP contribution in [0, 0.1) is 0 Å². The Labute approximate surface area is 190 Å². The number of hydrogen-bond donors (Lipinski definition) is 1. The minimum absolute atomic E-state index is 0.127. The Morgan fingerprint density at radius 3 is 2.55 bits per heavy atom. The number of benzene rings is 2. The molecule has 1 aliphatic heterocycles. The number of ether oxygens (including phenoxy) is 1. The normalized spacial score (nSPS) is 16.9. The third-order valence-electron chi connectivity index (χ3n) is 5.02. The van der Waals surface area contributed by atoms with Crippen molar-refractivity contribution in [2.45, 2.75) is 17.5 Å². The molecule has 162 valence electrons. The molecule has 1 aromatic heterocycles. The van der Waals surface area contributed by atoms with Crippen LogP contribution in [0.1, 0.15) is 26.9 Å². The molecule has 1 N–H and O–H groups in total. The molecule has 0 saturated carbocycles. The van der Waals surface area contributed by atoms with Gasteiger partial charge >= 0.3 is 0 Å². The number of hydrogen-bond acceptors (Lipinski definition) is 5. The molecule has 0 spiro atoms. The van der Waals surface area contributed by atoms with Crippen molar-refractivity contribution in [3.05, 3.63) is 87.1 Å². The number of carbonyl (C=O) groups is 1. The minimum Gasteiger partial charge on any atom is -0.370 e. The molecule has 9 heteroatoms. The highest BCUT2D eigenvalue weighted by atomic mass is 35.5. The highest BCUT2D eigenvalue weighted by molar-refractivity contribution is 7.89.